The average Bonchev–Trinajstić information content (AvgIpc) is 2.40. The van der Waals surface area contributed by atoms with E-state index in [1.807, 2.05) is 13.8 Å². The Morgan fingerprint density at radius 2 is 2.10 bits per heavy atom. The quantitative estimate of drug-likeness (QED) is 0.687. The van der Waals surface area contributed by atoms with Gasteiger partial charge in [0.2, 0.25) is 5.91 Å². The highest BCUT2D eigenvalue weighted by Gasteiger charge is 2.30. The Balaban J connectivity index is 2.38. The third kappa shape index (κ3) is 4.72. The highest BCUT2D eigenvalue weighted by atomic mass is 16.1. The molecule has 0 aromatic heterocycles. The monoisotopic (exact) mass is 284 g/mol. The van der Waals surface area contributed by atoms with Gasteiger partial charge in [-0.2, -0.15) is 0 Å². The van der Waals surface area contributed by atoms with Gasteiger partial charge in [0, 0.05) is 25.7 Å². The molecule has 1 aliphatic heterocycles. The van der Waals surface area contributed by atoms with Gasteiger partial charge in [-0.3, -0.25) is 4.79 Å². The van der Waals surface area contributed by atoms with Gasteiger partial charge >= 0.3 is 0 Å². The molecule has 0 aromatic carbocycles. The third-order valence-electron chi connectivity index (χ3n) is 4.59. The topological polar surface area (TPSA) is 61.6 Å². The highest BCUT2D eigenvalue weighted by Crippen LogP contribution is 2.15. The van der Waals surface area contributed by atoms with Crippen LogP contribution in [0.4, 0.5) is 0 Å². The molecular weight excluding hydrogens is 252 g/mol. The minimum absolute atomic E-state index is 0.246. The molecule has 0 spiro atoms. The molecule has 1 amide bonds. The molecule has 0 aromatic rings. The minimum Gasteiger partial charge on any atom is -0.368 e. The third-order valence-corrected chi connectivity index (χ3v) is 4.59. The van der Waals surface area contributed by atoms with E-state index in [9.17, 15) is 4.79 Å². The molecule has 1 heterocycles. The Kier molecular flexibility index (Phi) is 6.92. The van der Waals surface area contributed by atoms with Crippen molar-refractivity contribution >= 4 is 5.91 Å². The lowest BCUT2D eigenvalue weighted by Crippen LogP contribution is -2.54. The largest absolute Gasteiger partial charge is 0.368 e. The van der Waals surface area contributed by atoms with Crippen molar-refractivity contribution in [2.75, 3.05) is 39.8 Å². The van der Waals surface area contributed by atoms with Crippen LogP contribution in [0.1, 0.15) is 40.0 Å². The van der Waals surface area contributed by atoms with E-state index >= 15 is 0 Å². The van der Waals surface area contributed by atoms with Crippen molar-refractivity contribution < 1.29 is 4.79 Å². The van der Waals surface area contributed by atoms with Gasteiger partial charge in [-0.15, -0.1) is 0 Å². The maximum atomic E-state index is 11.6. The Morgan fingerprint density at radius 1 is 1.40 bits per heavy atom. The van der Waals surface area contributed by atoms with Gasteiger partial charge in [0.15, 0.2) is 0 Å². The molecule has 0 radical (unpaired) electrons. The molecular formula is C15H32N4O. The second kappa shape index (κ2) is 7.96. The summed E-state index contributed by atoms with van der Waals surface area (Å²) < 4.78 is 0. The highest BCUT2D eigenvalue weighted by molar-refractivity contribution is 5.84. The van der Waals surface area contributed by atoms with E-state index in [0.717, 1.165) is 45.6 Å². The van der Waals surface area contributed by atoms with Gasteiger partial charge in [0.1, 0.15) is 0 Å². The number of hydrogen-bond donors (Lipinski definition) is 2. The Morgan fingerprint density at radius 3 is 2.65 bits per heavy atom. The zero-order valence-electron chi connectivity index (χ0n) is 13.6. The van der Waals surface area contributed by atoms with E-state index in [1.165, 1.54) is 6.42 Å². The lowest BCUT2D eigenvalue weighted by molar-refractivity contribution is -0.124. The lowest BCUT2D eigenvalue weighted by atomic mass is 9.94. The zero-order valence-corrected chi connectivity index (χ0v) is 13.6. The van der Waals surface area contributed by atoms with Crippen LogP contribution in [-0.2, 0) is 4.79 Å². The van der Waals surface area contributed by atoms with Crippen LogP contribution in [0, 0.1) is 0 Å². The smallest absolute Gasteiger partial charge is 0.237 e. The molecule has 3 N–H and O–H groups in total. The number of hydrogen-bond acceptors (Lipinski definition) is 4. The van der Waals surface area contributed by atoms with Crippen molar-refractivity contribution in [3.63, 3.8) is 0 Å². The van der Waals surface area contributed by atoms with Crippen molar-refractivity contribution in [1.29, 1.82) is 0 Å². The summed E-state index contributed by atoms with van der Waals surface area (Å²) in [5.74, 6) is -0.246. The number of primary amides is 1. The molecule has 2 unspecified atom stereocenters. The number of nitrogens with one attached hydrogen (secondary N) is 1. The first-order valence-corrected chi connectivity index (χ1v) is 7.90. The van der Waals surface area contributed by atoms with Crippen molar-refractivity contribution in [2.24, 2.45) is 5.73 Å². The molecule has 20 heavy (non-hydrogen) atoms. The Bertz CT molecular complexity index is 310. The Hall–Kier alpha value is -0.650. The van der Waals surface area contributed by atoms with Crippen molar-refractivity contribution in [3.05, 3.63) is 0 Å². The minimum atomic E-state index is -0.564. The van der Waals surface area contributed by atoms with Crippen LogP contribution in [0.15, 0.2) is 0 Å². The maximum absolute atomic E-state index is 11.6. The van der Waals surface area contributed by atoms with Gasteiger partial charge in [-0.05, 0) is 46.3 Å². The first-order chi connectivity index (χ1) is 9.42. The van der Waals surface area contributed by atoms with Crippen LogP contribution < -0.4 is 11.1 Å². The number of nitrogens with zero attached hydrogens (tertiary/aromatic N) is 2. The molecule has 2 atom stereocenters. The first-order valence-electron chi connectivity index (χ1n) is 7.90. The van der Waals surface area contributed by atoms with Crippen molar-refractivity contribution in [2.45, 2.75) is 51.6 Å². The summed E-state index contributed by atoms with van der Waals surface area (Å²) in [5.41, 5.74) is 4.95. The molecule has 0 saturated carbocycles. The zero-order chi connectivity index (χ0) is 15.2. The Labute approximate surface area is 123 Å². The molecule has 1 fully saturated rings. The van der Waals surface area contributed by atoms with Crippen molar-refractivity contribution in [1.82, 2.24) is 15.1 Å². The standard InChI is InChI=1S/C15H32N4O/c1-5-13-12-19(11-10-18(13)4)9-7-8-15(3,14(16)20)17-6-2/h13,17H,5-12H2,1-4H3,(H2,16,20). The van der Waals surface area contributed by atoms with Gasteiger partial charge in [-0.25, -0.2) is 0 Å². The number of likely N-dealkylation sites (N-methyl/N-ethyl adjacent to an activating group) is 2. The number of nitrogens with two attached hydrogens (primary N) is 1. The van der Waals surface area contributed by atoms with Crippen LogP contribution in [0.5, 0.6) is 0 Å². The van der Waals surface area contributed by atoms with Crippen LogP contribution in [-0.4, -0.2) is 67.1 Å². The molecule has 118 valence electrons. The van der Waals surface area contributed by atoms with E-state index in [2.05, 4.69) is 29.1 Å². The van der Waals surface area contributed by atoms with Crippen molar-refractivity contribution in [3.8, 4) is 0 Å². The SMILES string of the molecule is CCNC(C)(CCCN1CCN(C)C(CC)C1)C(N)=O. The van der Waals surface area contributed by atoms with E-state index in [4.69, 9.17) is 5.73 Å². The van der Waals surface area contributed by atoms with Gasteiger partial charge in [-0.1, -0.05) is 13.8 Å². The summed E-state index contributed by atoms with van der Waals surface area (Å²) in [6, 6.07) is 0.667. The molecule has 0 aliphatic carbocycles. The number of rotatable bonds is 8. The van der Waals surface area contributed by atoms with Crippen LogP contribution in [0.25, 0.3) is 0 Å². The summed E-state index contributed by atoms with van der Waals surface area (Å²) >= 11 is 0. The summed E-state index contributed by atoms with van der Waals surface area (Å²) in [4.78, 5) is 16.5. The number of amides is 1. The molecule has 5 heteroatoms. The number of carbonyl (C=O) groups is 1. The number of piperazine rings is 1. The van der Waals surface area contributed by atoms with Gasteiger partial charge in [0.05, 0.1) is 5.54 Å². The van der Waals surface area contributed by atoms with Gasteiger partial charge < -0.3 is 20.9 Å². The first kappa shape index (κ1) is 17.4. The second-order valence-corrected chi connectivity index (χ2v) is 6.17. The van der Waals surface area contributed by atoms with E-state index < -0.39 is 5.54 Å². The maximum Gasteiger partial charge on any atom is 0.237 e. The van der Waals surface area contributed by atoms with E-state index in [0.29, 0.717) is 6.04 Å². The summed E-state index contributed by atoms with van der Waals surface area (Å²) in [7, 11) is 2.21. The van der Waals surface area contributed by atoms with Crippen LogP contribution in [0.2, 0.25) is 0 Å². The van der Waals surface area contributed by atoms with Crippen LogP contribution >= 0.6 is 0 Å². The predicted octanol–water partition coefficient (Wildman–Crippen LogP) is 0.646. The molecule has 1 saturated heterocycles. The lowest BCUT2D eigenvalue weighted by Gasteiger charge is -2.39. The molecule has 1 rings (SSSR count). The summed E-state index contributed by atoms with van der Waals surface area (Å²) in [6.07, 6.45) is 3.01. The summed E-state index contributed by atoms with van der Waals surface area (Å²) in [5, 5.41) is 3.22. The van der Waals surface area contributed by atoms with Gasteiger partial charge in [0.25, 0.3) is 0 Å². The van der Waals surface area contributed by atoms with E-state index in [-0.39, 0.29) is 5.91 Å². The predicted molar refractivity (Wildman–Crippen MR) is 83.7 cm³/mol. The fourth-order valence-corrected chi connectivity index (χ4v) is 3.00. The molecule has 5 nitrogen and oxygen atoms in total. The second-order valence-electron chi connectivity index (χ2n) is 6.17. The fourth-order valence-electron chi connectivity index (χ4n) is 3.00. The molecule has 0 bridgehead atoms. The van der Waals surface area contributed by atoms with Crippen LogP contribution in [0.3, 0.4) is 0 Å². The normalized spacial score (nSPS) is 24.5. The van der Waals surface area contributed by atoms with E-state index in [1.54, 1.807) is 0 Å². The number of carbonyl (C=O) groups excluding carboxylic acids is 1. The average molecular weight is 284 g/mol. The fraction of sp³-hybridized carbons (Fsp3) is 0.933. The molecule has 1 aliphatic rings. The summed E-state index contributed by atoms with van der Waals surface area (Å²) in [6.45, 7) is 11.4.